The Morgan fingerprint density at radius 2 is 2.38 bits per heavy atom. The van der Waals surface area contributed by atoms with E-state index >= 15 is 0 Å². The van der Waals surface area contributed by atoms with Crippen molar-refractivity contribution in [3.8, 4) is 0 Å². The van der Waals surface area contributed by atoms with E-state index < -0.39 is 17.5 Å². The Balaban J connectivity index is 2.82. The summed E-state index contributed by atoms with van der Waals surface area (Å²) in [4.78, 5) is 22.0. The number of ether oxygens (including phenoxy) is 1. The highest BCUT2D eigenvalue weighted by atomic mass is 16.6. The van der Waals surface area contributed by atoms with Crippen molar-refractivity contribution in [3.63, 3.8) is 0 Å². The fourth-order valence-corrected chi connectivity index (χ4v) is 1.71. The van der Waals surface area contributed by atoms with Gasteiger partial charge in [-0.3, -0.25) is 4.79 Å². The molecule has 74 valence electrons. The third kappa shape index (κ3) is 1.66. The Hall–Kier alpha value is -1.06. The average Bonchev–Trinajstić information content (AvgIpc) is 2.29. The number of carboxylic acids is 1. The van der Waals surface area contributed by atoms with E-state index in [4.69, 9.17) is 9.84 Å². The molecule has 1 heterocycles. The fourth-order valence-electron chi connectivity index (χ4n) is 1.71. The molecule has 1 rings (SSSR count). The zero-order valence-electron chi connectivity index (χ0n) is 7.87. The lowest BCUT2D eigenvalue weighted by molar-refractivity contribution is -0.170. The van der Waals surface area contributed by atoms with E-state index in [-0.39, 0.29) is 5.92 Å². The van der Waals surface area contributed by atoms with E-state index in [1.807, 2.05) is 6.92 Å². The van der Waals surface area contributed by atoms with Crippen LogP contribution in [0.1, 0.15) is 33.1 Å². The summed E-state index contributed by atoms with van der Waals surface area (Å²) in [6.45, 7) is 3.57. The van der Waals surface area contributed by atoms with Gasteiger partial charge < -0.3 is 9.84 Å². The van der Waals surface area contributed by atoms with Crippen LogP contribution in [0.15, 0.2) is 0 Å². The minimum atomic E-state index is -1.24. The zero-order chi connectivity index (χ0) is 10.1. The molecule has 0 aromatic heterocycles. The zero-order valence-corrected chi connectivity index (χ0v) is 7.87. The molecule has 1 N–H and O–H groups in total. The predicted octanol–water partition coefficient (Wildman–Crippen LogP) is 1.19. The van der Waals surface area contributed by atoms with E-state index in [9.17, 15) is 9.59 Å². The fraction of sp³-hybridized carbons (Fsp3) is 0.778. The molecule has 2 atom stereocenters. The number of hydrogen-bond donors (Lipinski definition) is 1. The monoisotopic (exact) mass is 186 g/mol. The molecule has 0 radical (unpaired) electrons. The van der Waals surface area contributed by atoms with E-state index in [2.05, 4.69) is 0 Å². The van der Waals surface area contributed by atoms with Crippen LogP contribution >= 0.6 is 0 Å². The topological polar surface area (TPSA) is 63.6 Å². The SMILES string of the molecule is CCCC1(C(=O)O)CC(C)C(=O)O1. The predicted molar refractivity (Wildman–Crippen MR) is 45.1 cm³/mol. The van der Waals surface area contributed by atoms with E-state index in [0.717, 1.165) is 0 Å². The summed E-state index contributed by atoms with van der Waals surface area (Å²) in [5.41, 5.74) is -1.24. The summed E-state index contributed by atoms with van der Waals surface area (Å²) < 4.78 is 4.92. The molecule has 1 aliphatic heterocycles. The Labute approximate surface area is 76.9 Å². The van der Waals surface area contributed by atoms with Gasteiger partial charge in [0.05, 0.1) is 5.92 Å². The van der Waals surface area contributed by atoms with Gasteiger partial charge in [0.2, 0.25) is 5.60 Å². The number of esters is 1. The molecule has 0 aliphatic carbocycles. The number of carboxylic acid groups (broad SMARTS) is 1. The molecule has 0 aromatic rings. The molecule has 0 amide bonds. The maximum atomic E-state index is 11.1. The molecular weight excluding hydrogens is 172 g/mol. The van der Waals surface area contributed by atoms with Gasteiger partial charge in [-0.25, -0.2) is 4.79 Å². The number of rotatable bonds is 3. The Bertz CT molecular complexity index is 236. The van der Waals surface area contributed by atoms with Crippen LogP contribution < -0.4 is 0 Å². The summed E-state index contributed by atoms with van der Waals surface area (Å²) in [6, 6.07) is 0. The van der Waals surface area contributed by atoms with Crippen molar-refractivity contribution in [3.05, 3.63) is 0 Å². The van der Waals surface area contributed by atoms with Crippen molar-refractivity contribution in [2.45, 2.75) is 38.7 Å². The number of carbonyl (C=O) groups is 2. The molecule has 0 aromatic carbocycles. The average molecular weight is 186 g/mol. The summed E-state index contributed by atoms with van der Waals surface area (Å²) in [7, 11) is 0. The number of aliphatic carboxylic acids is 1. The molecule has 2 unspecified atom stereocenters. The summed E-state index contributed by atoms with van der Waals surface area (Å²) in [6.07, 6.45) is 1.40. The molecule has 4 heteroatoms. The minimum Gasteiger partial charge on any atom is -0.478 e. The highest BCUT2D eigenvalue weighted by Crippen LogP contribution is 2.34. The number of carbonyl (C=O) groups excluding carboxylic acids is 1. The summed E-state index contributed by atoms with van der Waals surface area (Å²) in [5, 5.41) is 8.95. The van der Waals surface area contributed by atoms with E-state index in [1.165, 1.54) is 0 Å². The smallest absolute Gasteiger partial charge is 0.348 e. The lowest BCUT2D eigenvalue weighted by Gasteiger charge is -2.21. The van der Waals surface area contributed by atoms with Crippen LogP contribution in [0.4, 0.5) is 0 Å². The van der Waals surface area contributed by atoms with Gasteiger partial charge in [0, 0.05) is 6.42 Å². The van der Waals surface area contributed by atoms with E-state index in [1.54, 1.807) is 6.92 Å². The second-order valence-corrected chi connectivity index (χ2v) is 3.58. The molecule has 0 saturated carbocycles. The first kappa shape index (κ1) is 10.0. The van der Waals surface area contributed by atoms with Crippen LogP contribution in [0.5, 0.6) is 0 Å². The lowest BCUT2D eigenvalue weighted by Crippen LogP contribution is -2.38. The lowest BCUT2D eigenvalue weighted by atomic mass is 9.91. The standard InChI is InChI=1S/C9H14O4/c1-3-4-9(8(11)12)5-6(2)7(10)13-9/h6H,3-5H2,1-2H3,(H,11,12). The van der Waals surface area contributed by atoms with E-state index in [0.29, 0.717) is 19.3 Å². The van der Waals surface area contributed by atoms with Crippen LogP contribution in [-0.4, -0.2) is 22.6 Å². The van der Waals surface area contributed by atoms with Crippen LogP contribution in [0.3, 0.4) is 0 Å². The molecule has 0 bridgehead atoms. The van der Waals surface area contributed by atoms with Crippen molar-refractivity contribution in [2.24, 2.45) is 5.92 Å². The Morgan fingerprint density at radius 3 is 2.69 bits per heavy atom. The molecule has 13 heavy (non-hydrogen) atoms. The second kappa shape index (κ2) is 3.36. The van der Waals surface area contributed by atoms with Gasteiger partial charge in [0.15, 0.2) is 0 Å². The molecule has 0 spiro atoms. The van der Waals surface area contributed by atoms with Crippen molar-refractivity contribution in [1.82, 2.24) is 0 Å². The summed E-state index contributed by atoms with van der Waals surface area (Å²) >= 11 is 0. The quantitative estimate of drug-likeness (QED) is 0.672. The maximum Gasteiger partial charge on any atom is 0.348 e. The van der Waals surface area contributed by atoms with Crippen molar-refractivity contribution in [1.29, 1.82) is 0 Å². The van der Waals surface area contributed by atoms with Gasteiger partial charge in [-0.2, -0.15) is 0 Å². The molecular formula is C9H14O4. The van der Waals surface area contributed by atoms with Gasteiger partial charge in [0.1, 0.15) is 0 Å². The highest BCUT2D eigenvalue weighted by molar-refractivity contribution is 5.86. The van der Waals surface area contributed by atoms with Gasteiger partial charge in [-0.15, -0.1) is 0 Å². The van der Waals surface area contributed by atoms with Crippen molar-refractivity contribution >= 4 is 11.9 Å². The van der Waals surface area contributed by atoms with Gasteiger partial charge >= 0.3 is 11.9 Å². The van der Waals surface area contributed by atoms with Crippen LogP contribution in [0, 0.1) is 5.92 Å². The maximum absolute atomic E-state index is 11.1. The first-order valence-corrected chi connectivity index (χ1v) is 4.48. The second-order valence-electron chi connectivity index (χ2n) is 3.58. The highest BCUT2D eigenvalue weighted by Gasteiger charge is 2.50. The third-order valence-corrected chi connectivity index (χ3v) is 2.38. The normalized spacial score (nSPS) is 33.1. The Morgan fingerprint density at radius 1 is 1.77 bits per heavy atom. The van der Waals surface area contributed by atoms with Gasteiger partial charge in [0.25, 0.3) is 0 Å². The first-order valence-electron chi connectivity index (χ1n) is 4.48. The Kier molecular flexibility index (Phi) is 2.59. The summed E-state index contributed by atoms with van der Waals surface area (Å²) in [5.74, 6) is -1.70. The van der Waals surface area contributed by atoms with Gasteiger partial charge in [-0.1, -0.05) is 20.3 Å². The largest absolute Gasteiger partial charge is 0.478 e. The van der Waals surface area contributed by atoms with Gasteiger partial charge in [-0.05, 0) is 6.42 Å². The van der Waals surface area contributed by atoms with Crippen LogP contribution in [0.25, 0.3) is 0 Å². The minimum absolute atomic E-state index is 0.289. The first-order chi connectivity index (χ1) is 6.02. The third-order valence-electron chi connectivity index (χ3n) is 2.38. The van der Waals surface area contributed by atoms with Crippen molar-refractivity contribution < 1.29 is 19.4 Å². The van der Waals surface area contributed by atoms with Crippen molar-refractivity contribution in [2.75, 3.05) is 0 Å². The molecule has 4 nitrogen and oxygen atoms in total. The van der Waals surface area contributed by atoms with Crippen LogP contribution in [-0.2, 0) is 14.3 Å². The number of cyclic esters (lactones) is 1. The molecule has 1 aliphatic rings. The molecule has 1 saturated heterocycles. The molecule has 1 fully saturated rings. The number of hydrogen-bond acceptors (Lipinski definition) is 3. The van der Waals surface area contributed by atoms with Crippen LogP contribution in [0.2, 0.25) is 0 Å².